The van der Waals surface area contributed by atoms with Gasteiger partial charge in [-0.25, -0.2) is 0 Å². The van der Waals surface area contributed by atoms with Crippen molar-refractivity contribution in [3.8, 4) is 11.5 Å². The molecule has 0 bridgehead atoms. The highest BCUT2D eigenvalue weighted by molar-refractivity contribution is 9.10. The van der Waals surface area contributed by atoms with Crippen LogP contribution in [0.1, 0.15) is 27.6 Å². The number of rotatable bonds is 7. The molecule has 1 aliphatic rings. The van der Waals surface area contributed by atoms with Gasteiger partial charge in [-0.15, -0.1) is 0 Å². The fourth-order valence-corrected chi connectivity index (χ4v) is 3.88. The molecule has 0 radical (unpaired) electrons. The molecular formula is C26H22BrN3O6. The predicted octanol–water partition coefficient (Wildman–Crippen LogP) is 3.80. The first-order valence-corrected chi connectivity index (χ1v) is 11.8. The van der Waals surface area contributed by atoms with Crippen molar-refractivity contribution < 1.29 is 28.7 Å². The maximum atomic E-state index is 12.8. The maximum absolute atomic E-state index is 12.8. The molecule has 1 unspecified atom stereocenters. The molecule has 3 amide bonds. The SMILES string of the molecule is CC(=O)Nc1ccc(Br)cc1C(=O)C(=O)Nc1cccc(C(=O)NCC2COc3ccccc3O2)c1. The van der Waals surface area contributed by atoms with E-state index in [1.54, 1.807) is 30.3 Å². The molecule has 36 heavy (non-hydrogen) atoms. The summed E-state index contributed by atoms with van der Waals surface area (Å²) >= 11 is 3.27. The molecule has 1 aliphatic heterocycles. The highest BCUT2D eigenvalue weighted by Gasteiger charge is 2.23. The second-order valence-electron chi connectivity index (χ2n) is 7.94. The molecule has 1 heterocycles. The van der Waals surface area contributed by atoms with Crippen molar-refractivity contribution in [2.45, 2.75) is 13.0 Å². The number of carbonyl (C=O) groups is 4. The van der Waals surface area contributed by atoms with E-state index in [4.69, 9.17) is 9.47 Å². The Labute approximate surface area is 215 Å². The third-order valence-electron chi connectivity index (χ3n) is 5.18. The Hall–Kier alpha value is -4.18. The second-order valence-corrected chi connectivity index (χ2v) is 8.86. The van der Waals surface area contributed by atoms with E-state index < -0.39 is 11.7 Å². The Kier molecular flexibility index (Phi) is 7.65. The van der Waals surface area contributed by atoms with Gasteiger partial charge in [0.2, 0.25) is 5.91 Å². The predicted molar refractivity (Wildman–Crippen MR) is 137 cm³/mol. The number of hydrogen-bond acceptors (Lipinski definition) is 6. The molecule has 0 spiro atoms. The molecule has 3 N–H and O–H groups in total. The number of Topliss-reactive ketones (excluding diaryl/α,β-unsaturated/α-hetero) is 1. The number of amides is 3. The van der Waals surface area contributed by atoms with Crippen LogP contribution in [0.4, 0.5) is 11.4 Å². The van der Waals surface area contributed by atoms with Gasteiger partial charge in [-0.3, -0.25) is 19.2 Å². The minimum atomic E-state index is -0.913. The lowest BCUT2D eigenvalue weighted by Crippen LogP contribution is -2.40. The number of para-hydroxylation sites is 2. The summed E-state index contributed by atoms with van der Waals surface area (Å²) in [5.74, 6) is -1.23. The fourth-order valence-electron chi connectivity index (χ4n) is 3.52. The molecule has 0 fully saturated rings. The first-order valence-electron chi connectivity index (χ1n) is 11.0. The van der Waals surface area contributed by atoms with Gasteiger partial charge < -0.3 is 25.4 Å². The van der Waals surface area contributed by atoms with Gasteiger partial charge >= 0.3 is 0 Å². The molecule has 0 saturated heterocycles. The normalized spacial score (nSPS) is 13.9. The van der Waals surface area contributed by atoms with Crippen LogP contribution in [0.5, 0.6) is 11.5 Å². The van der Waals surface area contributed by atoms with Crippen LogP contribution in [0.2, 0.25) is 0 Å². The van der Waals surface area contributed by atoms with Crippen molar-refractivity contribution in [2.75, 3.05) is 23.8 Å². The van der Waals surface area contributed by atoms with E-state index in [-0.39, 0.29) is 41.4 Å². The molecule has 3 aromatic rings. The summed E-state index contributed by atoms with van der Waals surface area (Å²) in [6, 6.07) is 18.1. The van der Waals surface area contributed by atoms with Crippen LogP contribution in [-0.2, 0) is 9.59 Å². The van der Waals surface area contributed by atoms with E-state index in [2.05, 4.69) is 31.9 Å². The molecule has 1 atom stereocenters. The van der Waals surface area contributed by atoms with Gasteiger partial charge in [-0.05, 0) is 48.5 Å². The Balaban J connectivity index is 1.38. The summed E-state index contributed by atoms with van der Waals surface area (Å²) in [5.41, 5.74) is 0.805. The zero-order chi connectivity index (χ0) is 25.7. The average molecular weight is 552 g/mol. The van der Waals surface area contributed by atoms with Crippen LogP contribution in [0.3, 0.4) is 0 Å². The van der Waals surface area contributed by atoms with E-state index in [0.717, 1.165) is 0 Å². The second kappa shape index (κ2) is 11.0. The van der Waals surface area contributed by atoms with Crippen LogP contribution in [0.15, 0.2) is 71.2 Å². The number of carbonyl (C=O) groups excluding carboxylic acids is 4. The third kappa shape index (κ3) is 6.08. The largest absolute Gasteiger partial charge is 0.486 e. The number of halogens is 1. The molecular weight excluding hydrogens is 530 g/mol. The number of ether oxygens (including phenoxy) is 2. The number of hydrogen-bond donors (Lipinski definition) is 3. The molecule has 0 saturated carbocycles. The summed E-state index contributed by atoms with van der Waals surface area (Å²) in [5, 5.41) is 7.84. The molecule has 10 heteroatoms. The summed E-state index contributed by atoms with van der Waals surface area (Å²) < 4.78 is 12.1. The Morgan fingerprint density at radius 3 is 2.50 bits per heavy atom. The highest BCUT2D eigenvalue weighted by atomic mass is 79.9. The quantitative estimate of drug-likeness (QED) is 0.303. The van der Waals surface area contributed by atoms with Crippen molar-refractivity contribution in [1.29, 1.82) is 0 Å². The van der Waals surface area contributed by atoms with Crippen molar-refractivity contribution in [3.05, 3.63) is 82.3 Å². The summed E-state index contributed by atoms with van der Waals surface area (Å²) in [4.78, 5) is 49.6. The van der Waals surface area contributed by atoms with Crippen LogP contribution in [0, 0.1) is 0 Å². The number of anilines is 2. The van der Waals surface area contributed by atoms with Crippen molar-refractivity contribution in [3.63, 3.8) is 0 Å². The molecule has 0 aliphatic carbocycles. The first kappa shape index (κ1) is 24.9. The third-order valence-corrected chi connectivity index (χ3v) is 5.68. The lowest BCUT2D eigenvalue weighted by Gasteiger charge is -2.26. The molecule has 184 valence electrons. The van der Waals surface area contributed by atoms with Crippen molar-refractivity contribution in [1.82, 2.24) is 5.32 Å². The fraction of sp³-hybridized carbons (Fsp3) is 0.154. The van der Waals surface area contributed by atoms with Crippen LogP contribution >= 0.6 is 15.9 Å². The van der Waals surface area contributed by atoms with E-state index in [9.17, 15) is 19.2 Å². The lowest BCUT2D eigenvalue weighted by atomic mass is 10.1. The van der Waals surface area contributed by atoms with Crippen LogP contribution < -0.4 is 25.4 Å². The molecule has 0 aromatic heterocycles. The zero-order valence-electron chi connectivity index (χ0n) is 19.2. The maximum Gasteiger partial charge on any atom is 0.296 e. The zero-order valence-corrected chi connectivity index (χ0v) is 20.8. The standard InChI is InChI=1S/C26H22BrN3O6/c1-15(31)29-21-10-9-17(27)12-20(21)24(32)26(34)30-18-6-4-5-16(11-18)25(33)28-13-19-14-35-22-7-2-3-8-23(22)36-19/h2-12,19H,13-14H2,1H3,(H,28,33)(H,29,31)(H,30,34). The van der Waals surface area contributed by atoms with Crippen molar-refractivity contribution >= 4 is 50.8 Å². The van der Waals surface area contributed by atoms with E-state index in [1.165, 1.54) is 25.1 Å². The Morgan fingerprint density at radius 1 is 0.944 bits per heavy atom. The Morgan fingerprint density at radius 2 is 1.72 bits per heavy atom. The van der Waals surface area contributed by atoms with Gasteiger partial charge in [-0.1, -0.05) is 34.1 Å². The van der Waals surface area contributed by atoms with E-state index in [0.29, 0.717) is 28.1 Å². The van der Waals surface area contributed by atoms with Gasteiger partial charge in [-0.2, -0.15) is 0 Å². The average Bonchev–Trinajstić information content (AvgIpc) is 2.87. The van der Waals surface area contributed by atoms with Gasteiger partial charge in [0.15, 0.2) is 11.5 Å². The minimum Gasteiger partial charge on any atom is -0.486 e. The first-order chi connectivity index (χ1) is 17.3. The van der Waals surface area contributed by atoms with E-state index >= 15 is 0 Å². The monoisotopic (exact) mass is 551 g/mol. The van der Waals surface area contributed by atoms with Gasteiger partial charge in [0.05, 0.1) is 17.8 Å². The van der Waals surface area contributed by atoms with Crippen molar-refractivity contribution in [2.24, 2.45) is 0 Å². The summed E-state index contributed by atoms with van der Waals surface area (Å²) in [6.07, 6.45) is -0.354. The van der Waals surface area contributed by atoms with Crippen LogP contribution in [0.25, 0.3) is 0 Å². The van der Waals surface area contributed by atoms with Gasteiger partial charge in [0, 0.05) is 22.6 Å². The van der Waals surface area contributed by atoms with Crippen LogP contribution in [-0.4, -0.2) is 42.8 Å². The number of fused-ring (bicyclic) bond motifs is 1. The number of ketones is 1. The lowest BCUT2D eigenvalue weighted by molar-refractivity contribution is -0.114. The van der Waals surface area contributed by atoms with Gasteiger partial charge in [0.1, 0.15) is 12.7 Å². The minimum absolute atomic E-state index is 0.0299. The summed E-state index contributed by atoms with van der Waals surface area (Å²) in [6.45, 7) is 1.82. The van der Waals surface area contributed by atoms with E-state index in [1.807, 2.05) is 18.2 Å². The summed E-state index contributed by atoms with van der Waals surface area (Å²) in [7, 11) is 0. The molecule has 4 rings (SSSR count). The topological polar surface area (TPSA) is 123 Å². The van der Waals surface area contributed by atoms with Gasteiger partial charge in [0.25, 0.3) is 17.6 Å². The Bertz CT molecular complexity index is 1340. The number of nitrogens with one attached hydrogen (secondary N) is 3. The number of benzene rings is 3. The highest BCUT2D eigenvalue weighted by Crippen LogP contribution is 2.30. The molecule has 9 nitrogen and oxygen atoms in total. The smallest absolute Gasteiger partial charge is 0.296 e. The molecule has 3 aromatic carbocycles.